The summed E-state index contributed by atoms with van der Waals surface area (Å²) < 4.78 is 0. The van der Waals surface area contributed by atoms with Crippen LogP contribution < -0.4 is 0 Å². The van der Waals surface area contributed by atoms with E-state index in [4.69, 9.17) is 5.41 Å². The molecule has 0 saturated carbocycles. The van der Waals surface area contributed by atoms with E-state index >= 15 is 0 Å². The van der Waals surface area contributed by atoms with Gasteiger partial charge in [-0.2, -0.15) is 0 Å². The molecule has 1 heteroatoms. The minimum absolute atomic E-state index is 0.592. The molecule has 0 atom stereocenters. The molecule has 0 bridgehead atoms. The quantitative estimate of drug-likeness (QED) is 0.595. The van der Waals surface area contributed by atoms with Crippen molar-refractivity contribution in [1.82, 2.24) is 0 Å². The van der Waals surface area contributed by atoms with Gasteiger partial charge in [0.05, 0.1) is 0 Å². The van der Waals surface area contributed by atoms with Gasteiger partial charge in [-0.3, -0.25) is 0 Å². The Morgan fingerprint density at radius 2 is 1.14 bits per heavy atom. The van der Waals surface area contributed by atoms with Crippen LogP contribution in [0.3, 0.4) is 0 Å². The van der Waals surface area contributed by atoms with Crippen molar-refractivity contribution in [2.45, 2.75) is 13.8 Å². The van der Waals surface area contributed by atoms with Gasteiger partial charge in [-0.05, 0) is 59.4 Å². The number of hydrogen-bond acceptors (Lipinski definition) is 1. The third kappa shape index (κ3) is 2.71. The second-order valence-electron chi connectivity index (χ2n) is 5.55. The molecule has 0 aliphatic carbocycles. The molecule has 0 saturated heterocycles. The third-order valence-corrected chi connectivity index (χ3v) is 4.01. The molecule has 0 unspecified atom stereocenters. The third-order valence-electron chi connectivity index (χ3n) is 4.01. The first-order valence-electron chi connectivity index (χ1n) is 7.48. The van der Waals surface area contributed by atoms with Crippen LogP contribution >= 0.6 is 0 Å². The lowest BCUT2D eigenvalue weighted by atomic mass is 9.89. The zero-order valence-corrected chi connectivity index (χ0v) is 12.9. The van der Waals surface area contributed by atoms with Gasteiger partial charge in [0, 0.05) is 5.71 Å². The second kappa shape index (κ2) is 5.98. The van der Waals surface area contributed by atoms with Gasteiger partial charge in [-0.15, -0.1) is 0 Å². The van der Waals surface area contributed by atoms with Gasteiger partial charge in [0.15, 0.2) is 0 Å². The van der Waals surface area contributed by atoms with Gasteiger partial charge in [-0.1, -0.05) is 60.7 Å². The van der Waals surface area contributed by atoms with Gasteiger partial charge >= 0.3 is 0 Å². The predicted molar refractivity (Wildman–Crippen MR) is 94.6 cm³/mol. The first-order chi connectivity index (χ1) is 10.7. The highest BCUT2D eigenvalue weighted by molar-refractivity contribution is 5.99. The first-order valence-corrected chi connectivity index (χ1v) is 7.48. The van der Waals surface area contributed by atoms with Crippen LogP contribution in [0.1, 0.15) is 18.1 Å². The smallest absolute Gasteiger partial charge is 0.0355 e. The van der Waals surface area contributed by atoms with E-state index in [-0.39, 0.29) is 0 Å². The molecule has 0 radical (unpaired) electrons. The highest BCUT2D eigenvalue weighted by atomic mass is 14.4. The van der Waals surface area contributed by atoms with E-state index < -0.39 is 0 Å². The summed E-state index contributed by atoms with van der Waals surface area (Å²) in [7, 11) is 0. The van der Waals surface area contributed by atoms with Crippen LogP contribution in [-0.4, -0.2) is 5.71 Å². The normalized spacial score (nSPS) is 10.5. The van der Waals surface area contributed by atoms with Crippen LogP contribution in [0.5, 0.6) is 0 Å². The summed E-state index contributed by atoms with van der Waals surface area (Å²) >= 11 is 0. The van der Waals surface area contributed by atoms with E-state index in [9.17, 15) is 0 Å². The van der Waals surface area contributed by atoms with Crippen LogP contribution in [0.15, 0.2) is 72.8 Å². The largest absolute Gasteiger partial charge is 0.305 e. The van der Waals surface area contributed by atoms with Gasteiger partial charge in [0.1, 0.15) is 0 Å². The maximum Gasteiger partial charge on any atom is 0.0355 e. The van der Waals surface area contributed by atoms with Gasteiger partial charge in [0.2, 0.25) is 0 Å². The fraction of sp³-hybridized carbons (Fsp3) is 0.0952. The SMILES string of the molecule is CC(=N)c1cc(-c2ccccc2)c(C)c(-c2ccccc2)c1. The first kappa shape index (κ1) is 14.3. The van der Waals surface area contributed by atoms with Crippen LogP contribution in [-0.2, 0) is 0 Å². The molecule has 108 valence electrons. The Labute approximate surface area is 131 Å². The topological polar surface area (TPSA) is 23.9 Å². The van der Waals surface area contributed by atoms with Gasteiger partial charge in [-0.25, -0.2) is 0 Å². The molecule has 1 nitrogen and oxygen atoms in total. The summed E-state index contributed by atoms with van der Waals surface area (Å²) in [6, 6.07) is 25.0. The monoisotopic (exact) mass is 285 g/mol. The summed E-state index contributed by atoms with van der Waals surface area (Å²) in [6.45, 7) is 4.00. The fourth-order valence-corrected chi connectivity index (χ4v) is 2.77. The van der Waals surface area contributed by atoms with Crippen molar-refractivity contribution in [1.29, 1.82) is 5.41 Å². The number of rotatable bonds is 3. The molecule has 0 amide bonds. The van der Waals surface area contributed by atoms with E-state index in [2.05, 4.69) is 67.6 Å². The zero-order chi connectivity index (χ0) is 15.5. The molecule has 1 N–H and O–H groups in total. The lowest BCUT2D eigenvalue weighted by Gasteiger charge is -2.15. The summed E-state index contributed by atoms with van der Waals surface area (Å²) in [5, 5.41) is 8.02. The van der Waals surface area contributed by atoms with Crippen LogP contribution in [0, 0.1) is 12.3 Å². The Kier molecular flexibility index (Phi) is 3.88. The molecule has 0 heterocycles. The second-order valence-corrected chi connectivity index (χ2v) is 5.55. The van der Waals surface area contributed by atoms with Crippen molar-refractivity contribution < 1.29 is 0 Å². The van der Waals surface area contributed by atoms with Crippen molar-refractivity contribution in [3.05, 3.63) is 83.9 Å². The molecule has 22 heavy (non-hydrogen) atoms. The average Bonchev–Trinajstić information content (AvgIpc) is 2.56. The van der Waals surface area contributed by atoms with E-state index in [1.165, 1.54) is 27.8 Å². The molecule has 0 spiro atoms. The van der Waals surface area contributed by atoms with E-state index in [0.29, 0.717) is 5.71 Å². The zero-order valence-electron chi connectivity index (χ0n) is 12.9. The van der Waals surface area contributed by atoms with Crippen molar-refractivity contribution in [2.24, 2.45) is 0 Å². The Balaban J connectivity index is 2.27. The fourth-order valence-electron chi connectivity index (χ4n) is 2.77. The highest BCUT2D eigenvalue weighted by Gasteiger charge is 2.11. The minimum Gasteiger partial charge on any atom is -0.305 e. The van der Waals surface area contributed by atoms with E-state index in [0.717, 1.165) is 5.56 Å². The standard InChI is InChI=1S/C21H19N/c1-15-20(17-9-5-3-6-10-17)13-19(16(2)22)14-21(15)18-11-7-4-8-12-18/h3-14,22H,1-2H3. The summed E-state index contributed by atoms with van der Waals surface area (Å²) in [5.41, 5.74) is 7.60. The Morgan fingerprint density at radius 3 is 1.50 bits per heavy atom. The predicted octanol–water partition coefficient (Wildman–Crippen LogP) is 5.72. The van der Waals surface area contributed by atoms with E-state index in [1.807, 2.05) is 19.1 Å². The highest BCUT2D eigenvalue weighted by Crippen LogP contribution is 2.33. The molecular formula is C21H19N. The lowest BCUT2D eigenvalue weighted by molar-refractivity contribution is 1.41. The lowest BCUT2D eigenvalue weighted by Crippen LogP contribution is -1.97. The number of benzene rings is 3. The van der Waals surface area contributed by atoms with Gasteiger partial charge < -0.3 is 5.41 Å². The Bertz CT molecular complexity index is 741. The van der Waals surface area contributed by atoms with Crippen molar-refractivity contribution in [2.75, 3.05) is 0 Å². The molecule has 0 fully saturated rings. The van der Waals surface area contributed by atoms with Crippen LogP contribution in [0.4, 0.5) is 0 Å². The Morgan fingerprint density at radius 1 is 0.727 bits per heavy atom. The van der Waals surface area contributed by atoms with Gasteiger partial charge in [0.25, 0.3) is 0 Å². The summed E-state index contributed by atoms with van der Waals surface area (Å²) in [4.78, 5) is 0. The van der Waals surface area contributed by atoms with E-state index in [1.54, 1.807) is 0 Å². The van der Waals surface area contributed by atoms with Crippen molar-refractivity contribution >= 4 is 5.71 Å². The Hall–Kier alpha value is -2.67. The van der Waals surface area contributed by atoms with Crippen LogP contribution in [0.2, 0.25) is 0 Å². The maximum atomic E-state index is 8.02. The molecule has 0 aliphatic rings. The molecule has 3 rings (SSSR count). The molecule has 3 aromatic rings. The minimum atomic E-state index is 0.592. The summed E-state index contributed by atoms with van der Waals surface area (Å²) in [6.07, 6.45) is 0. The summed E-state index contributed by atoms with van der Waals surface area (Å²) in [5.74, 6) is 0. The average molecular weight is 285 g/mol. The number of hydrogen-bond donors (Lipinski definition) is 1. The number of nitrogens with one attached hydrogen (secondary N) is 1. The molecular weight excluding hydrogens is 266 g/mol. The maximum absolute atomic E-state index is 8.02. The van der Waals surface area contributed by atoms with Crippen LogP contribution in [0.25, 0.3) is 22.3 Å². The van der Waals surface area contributed by atoms with Crippen molar-refractivity contribution in [3.63, 3.8) is 0 Å². The van der Waals surface area contributed by atoms with Crippen molar-refractivity contribution in [3.8, 4) is 22.3 Å². The molecule has 0 aromatic heterocycles. The molecule has 3 aromatic carbocycles. The molecule has 0 aliphatic heterocycles.